The number of hydrogen-bond acceptors (Lipinski definition) is 0. The average molecular weight is 181 g/mol. The van der Waals surface area contributed by atoms with Crippen molar-refractivity contribution in [3.05, 3.63) is 35.4 Å². The Labute approximate surface area is 78.6 Å². The van der Waals surface area contributed by atoms with E-state index in [1.807, 2.05) is 0 Å². The molecule has 0 nitrogen and oxygen atoms in total. The van der Waals surface area contributed by atoms with Crippen molar-refractivity contribution in [1.29, 1.82) is 0 Å². The van der Waals surface area contributed by atoms with E-state index in [0.717, 1.165) is 12.8 Å². The molecule has 0 spiro atoms. The van der Waals surface area contributed by atoms with E-state index in [2.05, 4.69) is 31.2 Å². The van der Waals surface area contributed by atoms with Crippen LogP contribution < -0.4 is 0 Å². The molecule has 1 heteroatoms. The predicted molar refractivity (Wildman–Crippen MR) is 52.8 cm³/mol. The molecule has 2 rings (SSSR count). The lowest BCUT2D eigenvalue weighted by molar-refractivity contribution is 1.09. The maximum atomic E-state index is 5.96. The van der Waals surface area contributed by atoms with E-state index in [9.17, 15) is 0 Å². The van der Waals surface area contributed by atoms with Crippen LogP contribution in [0.1, 0.15) is 30.4 Å². The topological polar surface area (TPSA) is 0 Å². The van der Waals surface area contributed by atoms with Gasteiger partial charge >= 0.3 is 0 Å². The van der Waals surface area contributed by atoms with E-state index >= 15 is 0 Å². The molecule has 0 amide bonds. The van der Waals surface area contributed by atoms with Crippen molar-refractivity contribution in [2.24, 2.45) is 0 Å². The van der Waals surface area contributed by atoms with E-state index < -0.39 is 0 Å². The first kappa shape index (κ1) is 8.12. The quantitative estimate of drug-likeness (QED) is 0.613. The third-order valence-corrected chi connectivity index (χ3v) is 3.01. The normalized spacial score (nSPS) is 27.2. The number of benzene rings is 1. The molecule has 2 atom stereocenters. The number of rotatable bonds is 2. The maximum Gasteiger partial charge on any atom is 0.0411 e. The summed E-state index contributed by atoms with van der Waals surface area (Å²) in [7, 11) is 0. The third kappa shape index (κ3) is 1.49. The molecule has 1 fully saturated rings. The van der Waals surface area contributed by atoms with Gasteiger partial charge in [-0.1, -0.05) is 31.2 Å². The fourth-order valence-corrected chi connectivity index (χ4v) is 1.85. The average Bonchev–Trinajstić information content (AvgIpc) is 2.83. The molecule has 1 aliphatic carbocycles. The molecule has 0 aliphatic heterocycles. The molecule has 0 N–H and O–H groups in total. The molecule has 1 saturated carbocycles. The fourth-order valence-electron chi connectivity index (χ4n) is 1.51. The predicted octanol–water partition coefficient (Wildman–Crippen LogP) is 3.34. The molecule has 64 valence electrons. The lowest BCUT2D eigenvalue weighted by atomic mass is 10.1. The zero-order valence-corrected chi connectivity index (χ0v) is 8.01. The third-order valence-electron chi connectivity index (χ3n) is 2.53. The van der Waals surface area contributed by atoms with Crippen molar-refractivity contribution in [2.75, 3.05) is 0 Å². The Morgan fingerprint density at radius 1 is 1.33 bits per heavy atom. The molecule has 1 aliphatic rings. The lowest BCUT2D eigenvalue weighted by Crippen LogP contribution is -1.84. The summed E-state index contributed by atoms with van der Waals surface area (Å²) in [5, 5.41) is 0.400. The molecule has 1 aromatic carbocycles. The zero-order valence-electron chi connectivity index (χ0n) is 7.26. The summed E-state index contributed by atoms with van der Waals surface area (Å²) in [5.74, 6) is 0.637. The minimum atomic E-state index is 0.400. The minimum Gasteiger partial charge on any atom is -0.122 e. The molecule has 0 aromatic heterocycles. The van der Waals surface area contributed by atoms with Crippen LogP contribution >= 0.6 is 11.6 Å². The largest absolute Gasteiger partial charge is 0.122 e. The van der Waals surface area contributed by atoms with Crippen LogP contribution in [0.2, 0.25) is 0 Å². The van der Waals surface area contributed by atoms with Crippen molar-refractivity contribution < 1.29 is 0 Å². The van der Waals surface area contributed by atoms with Crippen molar-refractivity contribution >= 4 is 11.6 Å². The van der Waals surface area contributed by atoms with Crippen LogP contribution in [0.15, 0.2) is 24.3 Å². The Morgan fingerprint density at radius 3 is 2.33 bits per heavy atom. The van der Waals surface area contributed by atoms with Crippen LogP contribution in [0, 0.1) is 0 Å². The zero-order chi connectivity index (χ0) is 8.55. The molecule has 0 heterocycles. The van der Waals surface area contributed by atoms with Crippen molar-refractivity contribution in [3.63, 3.8) is 0 Å². The van der Waals surface area contributed by atoms with Crippen LogP contribution in [-0.4, -0.2) is 5.38 Å². The van der Waals surface area contributed by atoms with Crippen LogP contribution in [0.3, 0.4) is 0 Å². The first-order valence-electron chi connectivity index (χ1n) is 4.54. The van der Waals surface area contributed by atoms with Gasteiger partial charge in [-0.15, -0.1) is 11.6 Å². The summed E-state index contributed by atoms with van der Waals surface area (Å²) < 4.78 is 0. The van der Waals surface area contributed by atoms with E-state index in [1.165, 1.54) is 11.1 Å². The first-order chi connectivity index (χ1) is 5.81. The summed E-state index contributed by atoms with van der Waals surface area (Å²) in [6.07, 6.45) is 2.28. The molecular weight excluding hydrogens is 168 g/mol. The van der Waals surface area contributed by atoms with Crippen LogP contribution in [0.4, 0.5) is 0 Å². The van der Waals surface area contributed by atoms with Crippen LogP contribution in [-0.2, 0) is 6.42 Å². The monoisotopic (exact) mass is 180 g/mol. The van der Waals surface area contributed by atoms with Gasteiger partial charge in [0, 0.05) is 11.3 Å². The molecule has 2 unspecified atom stereocenters. The smallest absolute Gasteiger partial charge is 0.0411 e. The van der Waals surface area contributed by atoms with E-state index in [-0.39, 0.29) is 0 Å². The van der Waals surface area contributed by atoms with Gasteiger partial charge in [0.25, 0.3) is 0 Å². The highest BCUT2D eigenvalue weighted by molar-refractivity contribution is 6.23. The van der Waals surface area contributed by atoms with E-state index in [0.29, 0.717) is 11.3 Å². The summed E-state index contributed by atoms with van der Waals surface area (Å²) in [6.45, 7) is 2.18. The van der Waals surface area contributed by atoms with Gasteiger partial charge in [0.2, 0.25) is 0 Å². The van der Waals surface area contributed by atoms with Gasteiger partial charge in [0.15, 0.2) is 0 Å². The second-order valence-electron chi connectivity index (χ2n) is 3.45. The van der Waals surface area contributed by atoms with Gasteiger partial charge < -0.3 is 0 Å². The Morgan fingerprint density at radius 2 is 1.92 bits per heavy atom. The molecule has 1 aromatic rings. The first-order valence-corrected chi connectivity index (χ1v) is 4.98. The van der Waals surface area contributed by atoms with E-state index in [1.54, 1.807) is 0 Å². The highest BCUT2D eigenvalue weighted by Gasteiger charge is 2.36. The van der Waals surface area contributed by atoms with Crippen molar-refractivity contribution in [2.45, 2.75) is 31.1 Å². The van der Waals surface area contributed by atoms with Gasteiger partial charge in [-0.05, 0) is 24.0 Å². The van der Waals surface area contributed by atoms with Gasteiger partial charge in [-0.25, -0.2) is 0 Å². The highest BCUT2D eigenvalue weighted by atomic mass is 35.5. The van der Waals surface area contributed by atoms with Crippen LogP contribution in [0.5, 0.6) is 0 Å². The molecule has 0 bridgehead atoms. The molecule has 0 radical (unpaired) electrons. The van der Waals surface area contributed by atoms with Gasteiger partial charge in [0.1, 0.15) is 0 Å². The Balaban J connectivity index is 2.14. The van der Waals surface area contributed by atoms with Crippen molar-refractivity contribution in [3.8, 4) is 0 Å². The fraction of sp³-hybridized carbons (Fsp3) is 0.455. The number of hydrogen-bond donors (Lipinski definition) is 0. The van der Waals surface area contributed by atoms with Crippen LogP contribution in [0.25, 0.3) is 0 Å². The lowest BCUT2D eigenvalue weighted by Gasteiger charge is -1.99. The Kier molecular flexibility index (Phi) is 2.10. The second kappa shape index (κ2) is 3.10. The Hall–Kier alpha value is -0.490. The summed E-state index contributed by atoms with van der Waals surface area (Å²) in [5.41, 5.74) is 2.82. The number of halogens is 1. The molecule has 0 saturated heterocycles. The van der Waals surface area contributed by atoms with Crippen molar-refractivity contribution in [1.82, 2.24) is 0 Å². The molecule has 12 heavy (non-hydrogen) atoms. The Bertz CT molecular complexity index is 263. The number of aryl methyl sites for hydroxylation is 1. The minimum absolute atomic E-state index is 0.400. The number of alkyl halides is 1. The highest BCUT2D eigenvalue weighted by Crippen LogP contribution is 2.45. The summed E-state index contributed by atoms with van der Waals surface area (Å²) >= 11 is 5.96. The van der Waals surface area contributed by atoms with Gasteiger partial charge in [-0.3, -0.25) is 0 Å². The molecular formula is C11H13Cl. The standard InChI is InChI=1S/C11H13Cl/c1-2-8-3-5-9(6-4-8)10-7-11(10)12/h3-6,10-11H,2,7H2,1H3. The maximum absolute atomic E-state index is 5.96. The SMILES string of the molecule is CCc1ccc(C2CC2Cl)cc1. The summed E-state index contributed by atoms with van der Waals surface area (Å²) in [6, 6.07) is 8.84. The van der Waals surface area contributed by atoms with Gasteiger partial charge in [0.05, 0.1) is 0 Å². The van der Waals surface area contributed by atoms with E-state index in [4.69, 9.17) is 11.6 Å². The summed E-state index contributed by atoms with van der Waals surface area (Å²) in [4.78, 5) is 0. The van der Waals surface area contributed by atoms with Gasteiger partial charge in [-0.2, -0.15) is 0 Å². The second-order valence-corrected chi connectivity index (χ2v) is 4.01.